The van der Waals surface area contributed by atoms with E-state index >= 15 is 0 Å². The molecular formula is C18H18N4O4S. The number of aromatic nitrogens is 1. The van der Waals surface area contributed by atoms with Crippen LogP contribution in [0, 0.1) is 5.21 Å². The van der Waals surface area contributed by atoms with Crippen LogP contribution >= 0.6 is 11.8 Å². The van der Waals surface area contributed by atoms with Crippen LogP contribution in [0.3, 0.4) is 0 Å². The van der Waals surface area contributed by atoms with E-state index in [1.807, 2.05) is 6.07 Å². The predicted molar refractivity (Wildman–Crippen MR) is 98.1 cm³/mol. The van der Waals surface area contributed by atoms with Crippen molar-refractivity contribution in [2.45, 2.75) is 23.9 Å². The van der Waals surface area contributed by atoms with Crippen LogP contribution in [0.5, 0.6) is 0 Å². The van der Waals surface area contributed by atoms with Gasteiger partial charge in [-0.15, -0.1) is 0 Å². The third-order valence-corrected chi connectivity index (χ3v) is 5.28. The number of rotatable bonds is 6. The number of amides is 4. The third kappa shape index (κ3) is 3.59. The second kappa shape index (κ2) is 7.67. The number of pyridine rings is 1. The molecule has 1 aromatic carbocycles. The molecule has 1 aliphatic heterocycles. The van der Waals surface area contributed by atoms with Gasteiger partial charge < -0.3 is 10.5 Å². The first-order chi connectivity index (χ1) is 13.0. The molecule has 0 aliphatic carbocycles. The first kappa shape index (κ1) is 18.7. The van der Waals surface area contributed by atoms with Crippen molar-refractivity contribution in [3.8, 4) is 0 Å². The molecule has 0 unspecified atom stereocenters. The van der Waals surface area contributed by atoms with Crippen molar-refractivity contribution in [2.24, 2.45) is 0 Å². The molecule has 3 rings (SSSR count). The molecule has 9 heteroatoms. The highest BCUT2D eigenvalue weighted by Crippen LogP contribution is 2.31. The van der Waals surface area contributed by atoms with Crippen molar-refractivity contribution in [1.82, 2.24) is 15.8 Å². The van der Waals surface area contributed by atoms with E-state index in [1.54, 1.807) is 49.4 Å². The second-order valence-electron chi connectivity index (χ2n) is 5.88. The lowest BCUT2D eigenvalue weighted by molar-refractivity contribution is -0.645. The maximum atomic E-state index is 12.9. The van der Waals surface area contributed by atoms with E-state index < -0.39 is 23.4 Å². The van der Waals surface area contributed by atoms with Crippen molar-refractivity contribution < 1.29 is 19.1 Å². The Labute approximate surface area is 160 Å². The molecule has 4 amide bonds. The van der Waals surface area contributed by atoms with Crippen molar-refractivity contribution in [2.75, 3.05) is 5.75 Å². The van der Waals surface area contributed by atoms with Crippen LogP contribution in [-0.4, -0.2) is 28.6 Å². The molecule has 0 radical (unpaired) electrons. The number of carbonyl (C=O) groups is 3. The minimum Gasteiger partial charge on any atom is -0.618 e. The van der Waals surface area contributed by atoms with Crippen LogP contribution in [-0.2, 0) is 15.1 Å². The summed E-state index contributed by atoms with van der Waals surface area (Å²) in [5, 5.41) is 15.3. The van der Waals surface area contributed by atoms with Crippen LogP contribution < -0.4 is 15.5 Å². The number of imide groups is 1. The van der Waals surface area contributed by atoms with E-state index in [0.717, 1.165) is 11.8 Å². The Bertz CT molecular complexity index is 877. The van der Waals surface area contributed by atoms with Gasteiger partial charge in [0.05, 0.1) is 5.75 Å². The SMILES string of the molecule is CC[C@@]1(c2ccccc2)NC(=O)N(NC(=O)CSc2cccc[n+]2[O-])C1=O. The number of nitrogens with zero attached hydrogens (tertiary/aromatic N) is 2. The van der Waals surface area contributed by atoms with Gasteiger partial charge in [-0.05, 0) is 29.8 Å². The fourth-order valence-corrected chi connectivity index (χ4v) is 3.57. The first-order valence-electron chi connectivity index (χ1n) is 8.30. The van der Waals surface area contributed by atoms with E-state index in [1.165, 1.54) is 6.20 Å². The number of urea groups is 1. The number of hydrazine groups is 1. The Morgan fingerprint density at radius 2 is 1.93 bits per heavy atom. The number of benzene rings is 1. The van der Waals surface area contributed by atoms with Gasteiger partial charge in [0, 0.05) is 12.1 Å². The zero-order valence-electron chi connectivity index (χ0n) is 14.5. The van der Waals surface area contributed by atoms with Crippen molar-refractivity contribution in [3.05, 3.63) is 65.5 Å². The lowest BCUT2D eigenvalue weighted by Crippen LogP contribution is -2.49. The Balaban J connectivity index is 1.70. The van der Waals surface area contributed by atoms with Gasteiger partial charge >= 0.3 is 6.03 Å². The van der Waals surface area contributed by atoms with Gasteiger partial charge in [-0.25, -0.2) is 4.79 Å². The highest BCUT2D eigenvalue weighted by molar-refractivity contribution is 7.99. The van der Waals surface area contributed by atoms with Crippen LogP contribution in [0.2, 0.25) is 0 Å². The fourth-order valence-electron chi connectivity index (χ4n) is 2.86. The van der Waals surface area contributed by atoms with Crippen LogP contribution in [0.25, 0.3) is 0 Å². The summed E-state index contributed by atoms with van der Waals surface area (Å²) in [7, 11) is 0. The number of thioether (sulfide) groups is 1. The predicted octanol–water partition coefficient (Wildman–Crippen LogP) is 1.30. The van der Waals surface area contributed by atoms with Crippen molar-refractivity contribution in [1.29, 1.82) is 0 Å². The van der Waals surface area contributed by atoms with E-state index in [-0.39, 0.29) is 5.75 Å². The summed E-state index contributed by atoms with van der Waals surface area (Å²) in [6.07, 6.45) is 1.66. The van der Waals surface area contributed by atoms with Crippen molar-refractivity contribution in [3.63, 3.8) is 0 Å². The van der Waals surface area contributed by atoms with E-state index in [9.17, 15) is 19.6 Å². The van der Waals surface area contributed by atoms with Gasteiger partial charge in [-0.2, -0.15) is 9.74 Å². The molecular weight excluding hydrogens is 368 g/mol. The Morgan fingerprint density at radius 3 is 2.59 bits per heavy atom. The molecule has 8 nitrogen and oxygen atoms in total. The highest BCUT2D eigenvalue weighted by Gasteiger charge is 2.52. The van der Waals surface area contributed by atoms with Crippen molar-refractivity contribution >= 4 is 29.6 Å². The molecule has 1 fully saturated rings. The van der Waals surface area contributed by atoms with Gasteiger partial charge in [-0.1, -0.05) is 37.3 Å². The molecule has 1 aliphatic rings. The molecule has 0 saturated carbocycles. The van der Waals surface area contributed by atoms with Gasteiger partial charge in [0.1, 0.15) is 5.54 Å². The van der Waals surface area contributed by atoms with E-state index in [2.05, 4.69) is 10.7 Å². The van der Waals surface area contributed by atoms with Crippen LogP contribution in [0.15, 0.2) is 59.8 Å². The standard InChI is InChI=1S/C18H18N4O4S/c1-2-18(13-8-4-3-5-9-13)16(24)22(17(25)19-18)20-14(23)12-27-15-10-6-7-11-21(15)26/h3-11H,2,12H2,1H3,(H,19,25)(H,20,23)/t18-/m0/s1. The normalized spacial score (nSPS) is 19.1. The maximum absolute atomic E-state index is 12.9. The summed E-state index contributed by atoms with van der Waals surface area (Å²) < 4.78 is 0.642. The van der Waals surface area contributed by atoms with Gasteiger partial charge in [0.15, 0.2) is 6.20 Å². The average Bonchev–Trinajstić information content (AvgIpc) is 2.93. The number of carbonyl (C=O) groups excluding carboxylic acids is 3. The minimum atomic E-state index is -1.21. The minimum absolute atomic E-state index is 0.117. The second-order valence-corrected chi connectivity index (χ2v) is 6.88. The van der Waals surface area contributed by atoms with Crippen LogP contribution in [0.4, 0.5) is 4.79 Å². The maximum Gasteiger partial charge on any atom is 0.344 e. The van der Waals surface area contributed by atoms with Gasteiger partial charge in [0.2, 0.25) is 5.91 Å². The molecule has 1 aromatic heterocycles. The highest BCUT2D eigenvalue weighted by atomic mass is 32.2. The molecule has 2 aromatic rings. The summed E-state index contributed by atoms with van der Waals surface area (Å²) in [6.45, 7) is 1.79. The summed E-state index contributed by atoms with van der Waals surface area (Å²) in [5.74, 6) is -1.22. The summed E-state index contributed by atoms with van der Waals surface area (Å²) in [5.41, 5.74) is 1.76. The lowest BCUT2D eigenvalue weighted by atomic mass is 9.87. The molecule has 0 spiro atoms. The topological polar surface area (TPSA) is 105 Å². The summed E-state index contributed by atoms with van der Waals surface area (Å²) in [6, 6.07) is 13.0. The summed E-state index contributed by atoms with van der Waals surface area (Å²) in [4.78, 5) is 37.4. The first-order valence-corrected chi connectivity index (χ1v) is 9.29. The van der Waals surface area contributed by atoms with Gasteiger partial charge in [-0.3, -0.25) is 15.0 Å². The monoisotopic (exact) mass is 386 g/mol. The molecule has 27 heavy (non-hydrogen) atoms. The number of hydrogen-bond acceptors (Lipinski definition) is 5. The molecule has 0 bridgehead atoms. The molecule has 2 heterocycles. The molecule has 140 valence electrons. The zero-order valence-corrected chi connectivity index (χ0v) is 15.4. The molecule has 1 saturated heterocycles. The average molecular weight is 386 g/mol. The summed E-state index contributed by atoms with van der Waals surface area (Å²) >= 11 is 1.01. The molecule has 2 N–H and O–H groups in total. The molecule has 1 atom stereocenters. The van der Waals surface area contributed by atoms with E-state index in [4.69, 9.17) is 0 Å². The van der Waals surface area contributed by atoms with Crippen LogP contribution in [0.1, 0.15) is 18.9 Å². The Morgan fingerprint density at radius 1 is 1.22 bits per heavy atom. The zero-order chi connectivity index (χ0) is 19.4. The van der Waals surface area contributed by atoms with E-state index in [0.29, 0.717) is 26.7 Å². The number of hydrogen-bond donors (Lipinski definition) is 2. The third-order valence-electron chi connectivity index (χ3n) is 4.26. The smallest absolute Gasteiger partial charge is 0.344 e. The Kier molecular flexibility index (Phi) is 5.31. The fraction of sp³-hybridized carbons (Fsp3) is 0.222. The Hall–Kier alpha value is -3.07. The number of nitrogens with one attached hydrogen (secondary N) is 2. The lowest BCUT2D eigenvalue weighted by Gasteiger charge is -2.25. The van der Waals surface area contributed by atoms with Gasteiger partial charge in [0.25, 0.3) is 10.9 Å². The largest absolute Gasteiger partial charge is 0.618 e. The quantitative estimate of drug-likeness (QED) is 0.337.